The number of hydrogen-bond acceptors (Lipinski definition) is 6. The summed E-state index contributed by atoms with van der Waals surface area (Å²) < 4.78 is 10.3. The molecule has 0 radical (unpaired) electrons. The van der Waals surface area contributed by atoms with Crippen molar-refractivity contribution in [2.75, 3.05) is 44.8 Å². The van der Waals surface area contributed by atoms with Gasteiger partial charge in [0.25, 0.3) is 5.91 Å². The molecule has 2 amide bonds. The van der Waals surface area contributed by atoms with E-state index in [4.69, 9.17) is 9.47 Å². The Labute approximate surface area is 170 Å². The number of rotatable bonds is 6. The molecule has 29 heavy (non-hydrogen) atoms. The van der Waals surface area contributed by atoms with E-state index in [-0.39, 0.29) is 12.0 Å². The average molecular weight is 398 g/mol. The summed E-state index contributed by atoms with van der Waals surface area (Å²) in [7, 11) is 1.61. The lowest BCUT2D eigenvalue weighted by molar-refractivity contribution is 0.0949. The number of ether oxygens (including phenoxy) is 2. The maximum absolute atomic E-state index is 12.4. The zero-order valence-corrected chi connectivity index (χ0v) is 16.8. The third kappa shape index (κ3) is 5.16. The van der Waals surface area contributed by atoms with E-state index >= 15 is 0 Å². The second-order valence-electron chi connectivity index (χ2n) is 6.57. The van der Waals surface area contributed by atoms with Gasteiger partial charge in [0, 0.05) is 44.5 Å². The fourth-order valence-corrected chi connectivity index (χ4v) is 3.17. The van der Waals surface area contributed by atoms with Crippen LogP contribution in [0.3, 0.4) is 0 Å². The van der Waals surface area contributed by atoms with Gasteiger partial charge in [0.05, 0.1) is 19.3 Å². The van der Waals surface area contributed by atoms with Crippen molar-refractivity contribution in [2.45, 2.75) is 13.5 Å². The fraction of sp³-hybridized carbons (Fsp3) is 0.381. The molecule has 1 saturated heterocycles. The van der Waals surface area contributed by atoms with E-state index in [0.717, 1.165) is 17.1 Å². The molecule has 0 aliphatic carbocycles. The topological polar surface area (TPSA) is 84.0 Å². The molecule has 8 heteroatoms. The summed E-state index contributed by atoms with van der Waals surface area (Å²) in [4.78, 5) is 32.4. The Hall–Kier alpha value is -3.29. The van der Waals surface area contributed by atoms with Crippen molar-refractivity contribution in [3.63, 3.8) is 0 Å². The minimum atomic E-state index is -0.276. The number of carbonyl (C=O) groups excluding carboxylic acids is 2. The Morgan fingerprint density at radius 2 is 1.86 bits per heavy atom. The normalized spacial score (nSPS) is 13.7. The Kier molecular flexibility index (Phi) is 6.89. The van der Waals surface area contributed by atoms with E-state index in [1.165, 1.54) is 0 Å². The molecule has 1 aromatic carbocycles. The number of nitrogens with one attached hydrogen (secondary N) is 1. The first-order valence-electron chi connectivity index (χ1n) is 9.65. The van der Waals surface area contributed by atoms with Crippen molar-refractivity contribution in [3.8, 4) is 5.75 Å². The Bertz CT molecular complexity index is 833. The Morgan fingerprint density at radius 3 is 2.52 bits per heavy atom. The van der Waals surface area contributed by atoms with Crippen LogP contribution in [-0.2, 0) is 11.3 Å². The molecule has 1 aromatic heterocycles. The third-order valence-corrected chi connectivity index (χ3v) is 4.77. The van der Waals surface area contributed by atoms with E-state index in [1.54, 1.807) is 31.2 Å². The van der Waals surface area contributed by atoms with E-state index in [2.05, 4.69) is 15.2 Å². The van der Waals surface area contributed by atoms with Gasteiger partial charge >= 0.3 is 6.09 Å². The monoisotopic (exact) mass is 398 g/mol. The van der Waals surface area contributed by atoms with Crippen molar-refractivity contribution < 1.29 is 19.1 Å². The summed E-state index contributed by atoms with van der Waals surface area (Å²) in [5, 5.41) is 2.89. The highest BCUT2D eigenvalue weighted by molar-refractivity contribution is 5.94. The fourth-order valence-electron chi connectivity index (χ4n) is 3.17. The van der Waals surface area contributed by atoms with Crippen LogP contribution < -0.4 is 15.0 Å². The van der Waals surface area contributed by atoms with Crippen LogP contribution in [0.15, 0.2) is 42.6 Å². The number of benzene rings is 1. The molecule has 1 fully saturated rings. The first kappa shape index (κ1) is 20.4. The lowest BCUT2D eigenvalue weighted by Gasteiger charge is -2.34. The minimum Gasteiger partial charge on any atom is -0.496 e. The molecule has 1 N–H and O–H groups in total. The smallest absolute Gasteiger partial charge is 0.409 e. The molecule has 0 saturated carbocycles. The highest BCUT2D eigenvalue weighted by Gasteiger charge is 2.22. The molecule has 0 atom stereocenters. The molecule has 0 unspecified atom stereocenters. The van der Waals surface area contributed by atoms with E-state index in [0.29, 0.717) is 44.9 Å². The number of carbonyl (C=O) groups is 2. The van der Waals surface area contributed by atoms with Crippen molar-refractivity contribution in [3.05, 3.63) is 53.7 Å². The van der Waals surface area contributed by atoms with Gasteiger partial charge in [-0.2, -0.15) is 0 Å². The van der Waals surface area contributed by atoms with Gasteiger partial charge in [-0.05, 0) is 25.1 Å². The minimum absolute atomic E-state index is 0.193. The lowest BCUT2D eigenvalue weighted by atomic mass is 10.2. The summed E-state index contributed by atoms with van der Waals surface area (Å²) in [5.74, 6) is 1.33. The number of pyridine rings is 1. The van der Waals surface area contributed by atoms with Crippen molar-refractivity contribution in [2.24, 2.45) is 0 Å². The molecule has 1 aliphatic heterocycles. The standard InChI is InChI=1S/C21H26N4O4/c1-3-29-21(27)25-12-10-24(11-13-25)19-9-8-17(15-22-19)20(26)23-14-16-6-4-5-7-18(16)28-2/h4-9,15H,3,10-14H2,1-2H3,(H,23,26). The van der Waals surface area contributed by atoms with Crippen molar-refractivity contribution >= 4 is 17.8 Å². The SMILES string of the molecule is CCOC(=O)N1CCN(c2ccc(C(=O)NCc3ccccc3OC)cn2)CC1. The van der Waals surface area contributed by atoms with Crippen molar-refractivity contribution in [1.82, 2.24) is 15.2 Å². The highest BCUT2D eigenvalue weighted by Crippen LogP contribution is 2.17. The van der Waals surface area contributed by atoms with Crippen LogP contribution in [0.1, 0.15) is 22.8 Å². The van der Waals surface area contributed by atoms with Crippen LogP contribution >= 0.6 is 0 Å². The van der Waals surface area contributed by atoms with Crippen LogP contribution in [0.2, 0.25) is 0 Å². The van der Waals surface area contributed by atoms with E-state index in [9.17, 15) is 9.59 Å². The summed E-state index contributed by atoms with van der Waals surface area (Å²) in [6.45, 7) is 5.06. The maximum atomic E-state index is 12.4. The van der Waals surface area contributed by atoms with Gasteiger partial charge in [-0.15, -0.1) is 0 Å². The number of anilines is 1. The highest BCUT2D eigenvalue weighted by atomic mass is 16.6. The Morgan fingerprint density at radius 1 is 1.10 bits per heavy atom. The lowest BCUT2D eigenvalue weighted by Crippen LogP contribution is -2.49. The molecule has 2 aromatic rings. The van der Waals surface area contributed by atoms with E-state index in [1.807, 2.05) is 30.3 Å². The average Bonchev–Trinajstić information content (AvgIpc) is 2.78. The van der Waals surface area contributed by atoms with Crippen LogP contribution in [0.4, 0.5) is 10.6 Å². The molecular weight excluding hydrogens is 372 g/mol. The third-order valence-electron chi connectivity index (χ3n) is 4.77. The van der Waals surface area contributed by atoms with Crippen molar-refractivity contribution in [1.29, 1.82) is 0 Å². The van der Waals surface area contributed by atoms with Crippen LogP contribution in [0.25, 0.3) is 0 Å². The number of para-hydroxylation sites is 1. The summed E-state index contributed by atoms with van der Waals surface area (Å²) in [5.41, 5.74) is 1.40. The predicted octanol–water partition coefficient (Wildman–Crippen LogP) is 2.30. The number of piperazine rings is 1. The molecule has 8 nitrogen and oxygen atoms in total. The zero-order valence-electron chi connectivity index (χ0n) is 16.8. The van der Waals surface area contributed by atoms with Gasteiger partial charge in [0.1, 0.15) is 11.6 Å². The van der Waals surface area contributed by atoms with Gasteiger partial charge in [0.15, 0.2) is 0 Å². The molecule has 3 rings (SSSR count). The quantitative estimate of drug-likeness (QED) is 0.804. The largest absolute Gasteiger partial charge is 0.496 e. The van der Waals surface area contributed by atoms with Gasteiger partial charge < -0.3 is 24.6 Å². The van der Waals surface area contributed by atoms with Crippen LogP contribution in [0, 0.1) is 0 Å². The number of methoxy groups -OCH3 is 1. The Balaban J connectivity index is 1.53. The first-order chi connectivity index (χ1) is 14.1. The molecule has 2 heterocycles. The zero-order chi connectivity index (χ0) is 20.6. The number of nitrogens with zero attached hydrogens (tertiary/aromatic N) is 3. The maximum Gasteiger partial charge on any atom is 0.409 e. The van der Waals surface area contributed by atoms with E-state index < -0.39 is 0 Å². The summed E-state index contributed by atoms with van der Waals surface area (Å²) in [6, 6.07) is 11.2. The summed E-state index contributed by atoms with van der Waals surface area (Å²) >= 11 is 0. The molecule has 1 aliphatic rings. The molecular formula is C21H26N4O4. The van der Waals surface area contributed by atoms with Gasteiger partial charge in [-0.1, -0.05) is 18.2 Å². The molecule has 0 spiro atoms. The second kappa shape index (κ2) is 9.77. The first-order valence-corrected chi connectivity index (χ1v) is 9.65. The molecule has 154 valence electrons. The number of aromatic nitrogens is 1. The van der Waals surface area contributed by atoms with Crippen LogP contribution in [0.5, 0.6) is 5.75 Å². The number of amides is 2. The predicted molar refractivity (Wildman–Crippen MR) is 109 cm³/mol. The van der Waals surface area contributed by atoms with Gasteiger partial charge in [-0.3, -0.25) is 4.79 Å². The summed E-state index contributed by atoms with van der Waals surface area (Å²) in [6.07, 6.45) is 1.30. The molecule has 0 bridgehead atoms. The van der Waals surface area contributed by atoms with Gasteiger partial charge in [-0.25, -0.2) is 9.78 Å². The van der Waals surface area contributed by atoms with Crippen LogP contribution in [-0.4, -0.2) is 61.8 Å². The number of hydrogen-bond donors (Lipinski definition) is 1. The van der Waals surface area contributed by atoms with Gasteiger partial charge in [0.2, 0.25) is 0 Å². The second-order valence-corrected chi connectivity index (χ2v) is 6.57.